The van der Waals surface area contributed by atoms with Crippen LogP contribution >= 0.6 is 23.4 Å². The fourth-order valence-corrected chi connectivity index (χ4v) is 3.00. The Morgan fingerprint density at radius 2 is 2.23 bits per heavy atom. The number of aliphatic hydroxyl groups is 1. The van der Waals surface area contributed by atoms with E-state index in [9.17, 15) is 9.90 Å². The van der Waals surface area contributed by atoms with Gasteiger partial charge in [-0.15, -0.1) is 0 Å². The standard InChI is InChI=1S/C15H18ClN3O2S/c1-9(13(8-20)22-2)18-15(21)11-7-17-19-14(11)10-5-3-4-6-12(10)16/h3-7,9,13,20H,8H2,1-2H3,(H,17,19)(H,18,21). The quantitative estimate of drug-likeness (QED) is 0.756. The third-order valence-electron chi connectivity index (χ3n) is 3.43. The lowest BCUT2D eigenvalue weighted by Gasteiger charge is -2.21. The predicted octanol–water partition coefficient (Wildman–Crippen LogP) is 2.57. The van der Waals surface area contributed by atoms with Crippen LogP contribution in [0.1, 0.15) is 17.3 Å². The molecule has 0 aliphatic carbocycles. The van der Waals surface area contributed by atoms with Gasteiger partial charge in [0.25, 0.3) is 5.91 Å². The molecule has 1 aromatic heterocycles. The van der Waals surface area contributed by atoms with E-state index < -0.39 is 0 Å². The summed E-state index contributed by atoms with van der Waals surface area (Å²) in [6.07, 6.45) is 3.38. The monoisotopic (exact) mass is 339 g/mol. The molecule has 2 rings (SSSR count). The molecule has 2 aromatic rings. The SMILES string of the molecule is CSC(CO)C(C)NC(=O)c1cn[nH]c1-c1ccccc1Cl. The van der Waals surface area contributed by atoms with Crippen molar-refractivity contribution in [1.29, 1.82) is 0 Å². The molecule has 3 N–H and O–H groups in total. The molecule has 5 nitrogen and oxygen atoms in total. The lowest BCUT2D eigenvalue weighted by Crippen LogP contribution is -2.41. The van der Waals surface area contributed by atoms with Crippen LogP contribution in [0.4, 0.5) is 0 Å². The number of benzene rings is 1. The number of thioether (sulfide) groups is 1. The second-order valence-electron chi connectivity index (χ2n) is 4.86. The third-order valence-corrected chi connectivity index (χ3v) is 4.92. The molecule has 1 aromatic carbocycles. The van der Waals surface area contributed by atoms with Gasteiger partial charge in [-0.3, -0.25) is 9.89 Å². The van der Waals surface area contributed by atoms with Crippen LogP contribution < -0.4 is 5.32 Å². The number of aromatic nitrogens is 2. The van der Waals surface area contributed by atoms with Gasteiger partial charge in [-0.2, -0.15) is 16.9 Å². The van der Waals surface area contributed by atoms with Crippen LogP contribution in [-0.4, -0.2) is 45.4 Å². The van der Waals surface area contributed by atoms with Crippen molar-refractivity contribution in [3.63, 3.8) is 0 Å². The molecule has 0 aliphatic heterocycles. The Bertz CT molecular complexity index is 643. The summed E-state index contributed by atoms with van der Waals surface area (Å²) >= 11 is 7.69. The maximum atomic E-state index is 12.5. The number of H-pyrrole nitrogens is 1. The zero-order chi connectivity index (χ0) is 16.1. The summed E-state index contributed by atoms with van der Waals surface area (Å²) in [5, 5.41) is 19.5. The smallest absolute Gasteiger partial charge is 0.255 e. The molecule has 0 radical (unpaired) electrons. The van der Waals surface area contributed by atoms with Crippen LogP contribution in [0.2, 0.25) is 5.02 Å². The van der Waals surface area contributed by atoms with Crippen molar-refractivity contribution in [3.8, 4) is 11.3 Å². The molecular weight excluding hydrogens is 322 g/mol. The van der Waals surface area contributed by atoms with E-state index in [-0.39, 0.29) is 23.8 Å². The first-order valence-corrected chi connectivity index (χ1v) is 8.47. The second-order valence-corrected chi connectivity index (χ2v) is 6.34. The molecule has 1 amide bonds. The van der Waals surface area contributed by atoms with Gasteiger partial charge < -0.3 is 10.4 Å². The van der Waals surface area contributed by atoms with Crippen LogP contribution in [0, 0.1) is 0 Å². The van der Waals surface area contributed by atoms with E-state index in [0.717, 1.165) is 5.56 Å². The van der Waals surface area contributed by atoms with E-state index in [2.05, 4.69) is 15.5 Å². The molecule has 22 heavy (non-hydrogen) atoms. The van der Waals surface area contributed by atoms with Crippen molar-refractivity contribution in [2.24, 2.45) is 0 Å². The molecule has 2 atom stereocenters. The maximum absolute atomic E-state index is 12.5. The van der Waals surface area contributed by atoms with Gasteiger partial charge in [0.15, 0.2) is 0 Å². The zero-order valence-electron chi connectivity index (χ0n) is 12.3. The number of nitrogens with zero attached hydrogens (tertiary/aromatic N) is 1. The van der Waals surface area contributed by atoms with E-state index in [1.807, 2.05) is 31.4 Å². The number of amides is 1. The van der Waals surface area contributed by atoms with Gasteiger partial charge in [0.05, 0.1) is 24.1 Å². The van der Waals surface area contributed by atoms with Crippen LogP contribution in [0.15, 0.2) is 30.5 Å². The summed E-state index contributed by atoms with van der Waals surface area (Å²) in [6.45, 7) is 1.87. The highest BCUT2D eigenvalue weighted by Crippen LogP contribution is 2.28. The third kappa shape index (κ3) is 3.63. The number of carbonyl (C=O) groups excluding carboxylic acids is 1. The van der Waals surface area contributed by atoms with Gasteiger partial charge in [-0.25, -0.2) is 0 Å². The number of carbonyl (C=O) groups is 1. The Labute approximate surface area is 138 Å². The van der Waals surface area contributed by atoms with Crippen molar-refractivity contribution in [2.75, 3.05) is 12.9 Å². The Morgan fingerprint density at radius 3 is 2.86 bits per heavy atom. The Balaban J connectivity index is 2.22. The predicted molar refractivity (Wildman–Crippen MR) is 90.4 cm³/mol. The number of aliphatic hydroxyl groups excluding tert-OH is 1. The first-order chi connectivity index (χ1) is 10.6. The zero-order valence-corrected chi connectivity index (χ0v) is 13.9. The average molecular weight is 340 g/mol. The van der Waals surface area contributed by atoms with Gasteiger partial charge in [0.2, 0.25) is 0 Å². The molecule has 1 heterocycles. The molecular formula is C15H18ClN3O2S. The Hall–Kier alpha value is -1.50. The minimum absolute atomic E-state index is 0.00533. The molecule has 0 saturated carbocycles. The molecule has 0 aliphatic rings. The number of nitrogens with one attached hydrogen (secondary N) is 2. The topological polar surface area (TPSA) is 78.0 Å². The summed E-state index contributed by atoms with van der Waals surface area (Å²) in [5.74, 6) is -0.247. The normalized spacial score (nSPS) is 13.6. The maximum Gasteiger partial charge on any atom is 0.255 e. The highest BCUT2D eigenvalue weighted by molar-refractivity contribution is 7.99. The van der Waals surface area contributed by atoms with Gasteiger partial charge in [0, 0.05) is 21.9 Å². The van der Waals surface area contributed by atoms with Gasteiger partial charge >= 0.3 is 0 Å². The van der Waals surface area contributed by atoms with Gasteiger partial charge in [-0.05, 0) is 19.2 Å². The first kappa shape index (κ1) is 16.9. The van der Waals surface area contributed by atoms with Crippen molar-refractivity contribution >= 4 is 29.3 Å². The summed E-state index contributed by atoms with van der Waals surface area (Å²) in [4.78, 5) is 12.5. The minimum Gasteiger partial charge on any atom is -0.395 e. The average Bonchev–Trinajstić information content (AvgIpc) is 2.98. The van der Waals surface area contributed by atoms with Crippen LogP contribution in [-0.2, 0) is 0 Å². The fraction of sp³-hybridized carbons (Fsp3) is 0.333. The Morgan fingerprint density at radius 1 is 1.50 bits per heavy atom. The van der Waals surface area contributed by atoms with E-state index in [1.165, 1.54) is 18.0 Å². The molecule has 2 unspecified atom stereocenters. The molecule has 118 valence electrons. The summed E-state index contributed by atoms with van der Waals surface area (Å²) in [7, 11) is 0. The molecule has 7 heteroatoms. The first-order valence-electron chi connectivity index (χ1n) is 6.81. The number of aromatic amines is 1. The summed E-state index contributed by atoms with van der Waals surface area (Å²) < 4.78 is 0. The minimum atomic E-state index is -0.247. The summed E-state index contributed by atoms with van der Waals surface area (Å²) in [5.41, 5.74) is 1.74. The van der Waals surface area contributed by atoms with Crippen LogP contribution in [0.3, 0.4) is 0 Å². The van der Waals surface area contributed by atoms with E-state index in [0.29, 0.717) is 16.3 Å². The highest BCUT2D eigenvalue weighted by atomic mass is 35.5. The fourth-order valence-electron chi connectivity index (χ4n) is 2.14. The van der Waals surface area contributed by atoms with Gasteiger partial charge in [-0.1, -0.05) is 29.8 Å². The van der Waals surface area contributed by atoms with E-state index in [4.69, 9.17) is 11.6 Å². The van der Waals surface area contributed by atoms with Crippen LogP contribution in [0.25, 0.3) is 11.3 Å². The number of halogens is 1. The molecule has 0 saturated heterocycles. The molecule has 0 spiro atoms. The van der Waals surface area contributed by atoms with Crippen molar-refractivity contribution in [1.82, 2.24) is 15.5 Å². The number of hydrogen-bond donors (Lipinski definition) is 3. The Kier molecular flexibility index (Phi) is 5.88. The largest absolute Gasteiger partial charge is 0.395 e. The number of rotatable bonds is 6. The summed E-state index contributed by atoms with van der Waals surface area (Å²) in [6, 6.07) is 7.10. The lowest BCUT2D eigenvalue weighted by molar-refractivity contribution is 0.0936. The van der Waals surface area contributed by atoms with Crippen molar-refractivity contribution in [3.05, 3.63) is 41.0 Å². The van der Waals surface area contributed by atoms with E-state index >= 15 is 0 Å². The molecule has 0 fully saturated rings. The number of hydrogen-bond acceptors (Lipinski definition) is 4. The molecule has 0 bridgehead atoms. The van der Waals surface area contributed by atoms with E-state index in [1.54, 1.807) is 6.07 Å². The van der Waals surface area contributed by atoms with Gasteiger partial charge in [0.1, 0.15) is 0 Å². The van der Waals surface area contributed by atoms with Crippen molar-refractivity contribution < 1.29 is 9.90 Å². The van der Waals surface area contributed by atoms with Crippen molar-refractivity contribution in [2.45, 2.75) is 18.2 Å². The second kappa shape index (κ2) is 7.67. The van der Waals surface area contributed by atoms with Crippen LogP contribution in [0.5, 0.6) is 0 Å². The highest BCUT2D eigenvalue weighted by Gasteiger charge is 2.22. The lowest BCUT2D eigenvalue weighted by atomic mass is 10.1.